The molecule has 0 aliphatic heterocycles. The minimum absolute atomic E-state index is 0.197. The predicted octanol–water partition coefficient (Wildman–Crippen LogP) is 0.955. The summed E-state index contributed by atoms with van der Waals surface area (Å²) in [5.41, 5.74) is 0.197. The van der Waals surface area contributed by atoms with Gasteiger partial charge in [0.25, 0.3) is 0 Å². The van der Waals surface area contributed by atoms with Crippen molar-refractivity contribution in [1.82, 2.24) is 20.2 Å². The Morgan fingerprint density at radius 3 is 2.62 bits per heavy atom. The van der Waals surface area contributed by atoms with Crippen LogP contribution in [0, 0.1) is 0 Å². The number of hydrogen-bond donors (Lipinski definition) is 1. The standard InChI is InChI=1S/C8H15N5/c1-8(5-3-4-6-8)9-7-10-11-12-13(7)2/h3-6H2,1-2H3,(H,9,10,12). The molecule has 0 aromatic carbocycles. The largest absolute Gasteiger partial charge is 0.348 e. The lowest BCUT2D eigenvalue weighted by atomic mass is 10.0. The third kappa shape index (κ3) is 1.64. The molecule has 13 heavy (non-hydrogen) atoms. The van der Waals surface area contributed by atoms with Crippen LogP contribution in [0.15, 0.2) is 0 Å². The first-order valence-electron chi connectivity index (χ1n) is 4.70. The lowest BCUT2D eigenvalue weighted by molar-refractivity contribution is 0.522. The van der Waals surface area contributed by atoms with E-state index >= 15 is 0 Å². The van der Waals surface area contributed by atoms with E-state index < -0.39 is 0 Å². The Kier molecular flexibility index (Phi) is 1.94. The molecule has 1 fully saturated rings. The maximum atomic E-state index is 3.92. The fourth-order valence-electron chi connectivity index (χ4n) is 1.89. The maximum Gasteiger partial charge on any atom is 0.243 e. The van der Waals surface area contributed by atoms with Gasteiger partial charge in [0.05, 0.1) is 0 Å². The number of rotatable bonds is 2. The zero-order valence-corrected chi connectivity index (χ0v) is 8.12. The van der Waals surface area contributed by atoms with Gasteiger partial charge in [-0.3, -0.25) is 0 Å². The van der Waals surface area contributed by atoms with Crippen molar-refractivity contribution in [3.8, 4) is 0 Å². The fourth-order valence-corrected chi connectivity index (χ4v) is 1.89. The molecule has 2 rings (SSSR count). The van der Waals surface area contributed by atoms with E-state index in [2.05, 4.69) is 27.8 Å². The Bertz CT molecular complexity index is 286. The molecule has 1 heterocycles. The summed E-state index contributed by atoms with van der Waals surface area (Å²) < 4.78 is 1.67. The molecule has 72 valence electrons. The van der Waals surface area contributed by atoms with Crippen molar-refractivity contribution in [1.29, 1.82) is 0 Å². The molecule has 1 aliphatic rings. The van der Waals surface area contributed by atoms with E-state index in [1.807, 2.05) is 7.05 Å². The van der Waals surface area contributed by atoms with Gasteiger partial charge in [0, 0.05) is 12.6 Å². The highest BCUT2D eigenvalue weighted by atomic mass is 15.6. The summed E-state index contributed by atoms with van der Waals surface area (Å²) in [6.45, 7) is 2.23. The van der Waals surface area contributed by atoms with Crippen molar-refractivity contribution in [2.75, 3.05) is 5.32 Å². The summed E-state index contributed by atoms with van der Waals surface area (Å²) in [4.78, 5) is 0. The molecular weight excluding hydrogens is 166 g/mol. The molecule has 0 atom stereocenters. The van der Waals surface area contributed by atoms with Gasteiger partial charge >= 0.3 is 0 Å². The van der Waals surface area contributed by atoms with Crippen LogP contribution in [-0.2, 0) is 7.05 Å². The summed E-state index contributed by atoms with van der Waals surface area (Å²) >= 11 is 0. The first-order chi connectivity index (χ1) is 6.20. The third-order valence-corrected chi connectivity index (χ3v) is 2.74. The topological polar surface area (TPSA) is 55.6 Å². The molecule has 5 nitrogen and oxygen atoms in total. The van der Waals surface area contributed by atoms with E-state index in [-0.39, 0.29) is 5.54 Å². The normalized spacial score (nSPS) is 20.5. The molecule has 0 bridgehead atoms. The number of hydrogen-bond acceptors (Lipinski definition) is 4. The Balaban J connectivity index is 2.09. The highest BCUT2D eigenvalue weighted by Crippen LogP contribution is 2.31. The minimum atomic E-state index is 0.197. The van der Waals surface area contributed by atoms with Crippen LogP contribution in [0.4, 0.5) is 5.95 Å². The number of aromatic nitrogens is 4. The summed E-state index contributed by atoms with van der Waals surface area (Å²) in [5, 5.41) is 14.7. The lowest BCUT2D eigenvalue weighted by Crippen LogP contribution is -2.32. The molecular formula is C8H15N5. The van der Waals surface area contributed by atoms with Gasteiger partial charge < -0.3 is 5.32 Å². The first kappa shape index (κ1) is 8.47. The quantitative estimate of drug-likeness (QED) is 0.738. The van der Waals surface area contributed by atoms with Gasteiger partial charge in [-0.25, -0.2) is 4.68 Å². The highest BCUT2D eigenvalue weighted by Gasteiger charge is 2.29. The Morgan fingerprint density at radius 1 is 1.38 bits per heavy atom. The molecule has 0 radical (unpaired) electrons. The number of anilines is 1. The third-order valence-electron chi connectivity index (χ3n) is 2.74. The highest BCUT2D eigenvalue weighted by molar-refractivity contribution is 5.27. The molecule has 0 saturated heterocycles. The molecule has 0 spiro atoms. The van der Waals surface area contributed by atoms with Gasteiger partial charge in [-0.1, -0.05) is 17.9 Å². The van der Waals surface area contributed by atoms with Crippen LogP contribution in [0.3, 0.4) is 0 Å². The van der Waals surface area contributed by atoms with Gasteiger partial charge in [0.1, 0.15) is 0 Å². The summed E-state index contributed by atoms with van der Waals surface area (Å²) in [5.74, 6) is 0.768. The molecule has 5 heteroatoms. The second-order valence-electron chi connectivity index (χ2n) is 4.02. The average Bonchev–Trinajstić information content (AvgIpc) is 2.64. The number of nitrogens with one attached hydrogen (secondary N) is 1. The first-order valence-corrected chi connectivity index (χ1v) is 4.70. The van der Waals surface area contributed by atoms with E-state index in [0.29, 0.717) is 0 Å². The molecule has 1 aliphatic carbocycles. The Hall–Kier alpha value is -1.13. The lowest BCUT2D eigenvalue weighted by Gasteiger charge is -2.24. The number of nitrogens with zero attached hydrogens (tertiary/aromatic N) is 4. The maximum absolute atomic E-state index is 3.92. The molecule has 1 aromatic heterocycles. The second kappa shape index (κ2) is 2.97. The van der Waals surface area contributed by atoms with Crippen LogP contribution < -0.4 is 5.32 Å². The predicted molar refractivity (Wildman–Crippen MR) is 49.3 cm³/mol. The number of aryl methyl sites for hydroxylation is 1. The van der Waals surface area contributed by atoms with Crippen molar-refractivity contribution in [2.24, 2.45) is 7.05 Å². The second-order valence-corrected chi connectivity index (χ2v) is 4.02. The van der Waals surface area contributed by atoms with Gasteiger partial charge in [0.15, 0.2) is 0 Å². The minimum Gasteiger partial charge on any atom is -0.348 e. The van der Waals surface area contributed by atoms with Crippen LogP contribution in [0.5, 0.6) is 0 Å². The van der Waals surface area contributed by atoms with Gasteiger partial charge in [-0.2, -0.15) is 0 Å². The van der Waals surface area contributed by atoms with E-state index in [0.717, 1.165) is 5.95 Å². The van der Waals surface area contributed by atoms with Crippen molar-refractivity contribution < 1.29 is 0 Å². The molecule has 1 aromatic rings. The van der Waals surface area contributed by atoms with E-state index in [9.17, 15) is 0 Å². The fraction of sp³-hybridized carbons (Fsp3) is 0.875. The van der Waals surface area contributed by atoms with E-state index in [1.54, 1.807) is 4.68 Å². The summed E-state index contributed by atoms with van der Waals surface area (Å²) in [7, 11) is 1.85. The van der Waals surface area contributed by atoms with Gasteiger partial charge in [-0.15, -0.1) is 0 Å². The van der Waals surface area contributed by atoms with Crippen LogP contribution >= 0.6 is 0 Å². The Labute approximate surface area is 77.5 Å². The zero-order chi connectivity index (χ0) is 9.31. The average molecular weight is 181 g/mol. The molecule has 1 saturated carbocycles. The monoisotopic (exact) mass is 181 g/mol. The molecule has 0 amide bonds. The summed E-state index contributed by atoms with van der Waals surface area (Å²) in [6, 6.07) is 0. The van der Waals surface area contributed by atoms with Crippen molar-refractivity contribution in [3.63, 3.8) is 0 Å². The smallest absolute Gasteiger partial charge is 0.243 e. The van der Waals surface area contributed by atoms with Crippen LogP contribution in [0.1, 0.15) is 32.6 Å². The summed E-state index contributed by atoms with van der Waals surface area (Å²) in [6.07, 6.45) is 5.02. The number of tetrazole rings is 1. The Morgan fingerprint density at radius 2 is 2.08 bits per heavy atom. The van der Waals surface area contributed by atoms with Gasteiger partial charge in [-0.05, 0) is 30.2 Å². The van der Waals surface area contributed by atoms with Crippen LogP contribution in [0.25, 0.3) is 0 Å². The molecule has 1 N–H and O–H groups in total. The van der Waals surface area contributed by atoms with Gasteiger partial charge in [0.2, 0.25) is 5.95 Å². The van der Waals surface area contributed by atoms with E-state index in [1.165, 1.54) is 25.7 Å². The van der Waals surface area contributed by atoms with Crippen molar-refractivity contribution in [2.45, 2.75) is 38.1 Å². The van der Waals surface area contributed by atoms with Crippen LogP contribution in [0.2, 0.25) is 0 Å². The molecule has 0 unspecified atom stereocenters. The van der Waals surface area contributed by atoms with Crippen molar-refractivity contribution in [3.05, 3.63) is 0 Å². The SMILES string of the molecule is Cn1nnnc1NC1(C)CCCC1. The zero-order valence-electron chi connectivity index (χ0n) is 8.12. The van der Waals surface area contributed by atoms with Crippen molar-refractivity contribution >= 4 is 5.95 Å². The van der Waals surface area contributed by atoms with Crippen LogP contribution in [-0.4, -0.2) is 25.7 Å². The van der Waals surface area contributed by atoms with E-state index in [4.69, 9.17) is 0 Å².